The van der Waals surface area contributed by atoms with Crippen LogP contribution in [0.4, 0.5) is 17.6 Å². The lowest BCUT2D eigenvalue weighted by molar-refractivity contribution is 0.123. The highest BCUT2D eigenvalue weighted by molar-refractivity contribution is 9.12. The zero-order valence-corrected chi connectivity index (χ0v) is 17.1. The summed E-state index contributed by atoms with van der Waals surface area (Å²) in [6, 6.07) is 10.9. The number of hydrogen-bond acceptors (Lipinski definition) is 2. The van der Waals surface area contributed by atoms with Crippen LogP contribution in [0.2, 0.25) is 0 Å². The molecule has 2 aromatic rings. The van der Waals surface area contributed by atoms with Crippen LogP contribution in [-0.4, -0.2) is 24.5 Å². The van der Waals surface area contributed by atoms with Gasteiger partial charge in [0.25, 0.3) is 6.43 Å². The second kappa shape index (κ2) is 8.86. The van der Waals surface area contributed by atoms with Gasteiger partial charge in [0.1, 0.15) is 17.4 Å². The van der Waals surface area contributed by atoms with Crippen molar-refractivity contribution < 1.29 is 22.3 Å². The number of rotatable bonds is 6. The van der Waals surface area contributed by atoms with E-state index in [4.69, 9.17) is 4.74 Å². The van der Waals surface area contributed by atoms with E-state index >= 15 is 8.78 Å². The fraction of sp³-hybridized carbons (Fsp3) is 0.182. The second-order valence-electron chi connectivity index (χ2n) is 6.26. The molecule has 1 aliphatic heterocycles. The molecule has 152 valence electrons. The number of halogens is 5. The molecule has 0 aliphatic carbocycles. The monoisotopic (exact) mass is 467 g/mol. The van der Waals surface area contributed by atoms with Crippen molar-refractivity contribution >= 4 is 27.2 Å². The predicted molar refractivity (Wildman–Crippen MR) is 110 cm³/mol. The fourth-order valence-electron chi connectivity index (χ4n) is 3.16. The Labute approximate surface area is 174 Å². The first kappa shape index (κ1) is 21.2. The molecular weight excluding hydrogens is 450 g/mol. The molecule has 2 nitrogen and oxygen atoms in total. The molecule has 0 saturated carbocycles. The van der Waals surface area contributed by atoms with Crippen molar-refractivity contribution in [1.29, 1.82) is 0 Å². The third-order valence-electron chi connectivity index (χ3n) is 4.37. The van der Waals surface area contributed by atoms with Crippen molar-refractivity contribution in [3.8, 4) is 5.75 Å². The van der Waals surface area contributed by atoms with Gasteiger partial charge in [-0.3, -0.25) is 0 Å². The molecule has 0 radical (unpaired) electrons. The Morgan fingerprint density at radius 3 is 2.28 bits per heavy atom. The predicted octanol–water partition coefficient (Wildman–Crippen LogP) is 6.61. The normalized spacial score (nSPS) is 14.5. The SMILES string of the molecule is C=C1C(Br)=CC(c2ccccc2)=C(c2c(F)cc(OCC)cc2F)N1CC(F)F. The van der Waals surface area contributed by atoms with Gasteiger partial charge in [0.15, 0.2) is 0 Å². The highest BCUT2D eigenvalue weighted by atomic mass is 79.9. The molecule has 0 atom stereocenters. The Hall–Kier alpha value is -2.54. The number of ether oxygens (including phenoxy) is 1. The summed E-state index contributed by atoms with van der Waals surface area (Å²) in [4.78, 5) is 1.14. The largest absolute Gasteiger partial charge is 0.494 e. The molecule has 0 spiro atoms. The number of benzene rings is 2. The average molecular weight is 468 g/mol. The van der Waals surface area contributed by atoms with Gasteiger partial charge in [-0.2, -0.15) is 0 Å². The first-order valence-electron chi connectivity index (χ1n) is 8.87. The third kappa shape index (κ3) is 4.40. The van der Waals surface area contributed by atoms with Gasteiger partial charge >= 0.3 is 0 Å². The standard InChI is InChI=1S/C22H18BrF4NO/c1-3-29-15-9-18(24)21(19(25)10-15)22-16(14-7-5-4-6-8-14)11-17(23)13(2)28(22)12-20(26)27/h4-11,20H,2-3,12H2,1H3. The smallest absolute Gasteiger partial charge is 0.256 e. The molecule has 0 saturated heterocycles. The Kier molecular flexibility index (Phi) is 6.47. The summed E-state index contributed by atoms with van der Waals surface area (Å²) in [5, 5.41) is 0. The third-order valence-corrected chi connectivity index (χ3v) is 5.05. The van der Waals surface area contributed by atoms with E-state index in [-0.39, 0.29) is 23.8 Å². The van der Waals surface area contributed by atoms with Crippen LogP contribution < -0.4 is 4.74 Å². The molecule has 0 aromatic heterocycles. The van der Waals surface area contributed by atoms with Crippen LogP contribution in [-0.2, 0) is 0 Å². The number of hydrogen-bond donors (Lipinski definition) is 0. The molecule has 0 unspecified atom stereocenters. The van der Waals surface area contributed by atoms with Gasteiger partial charge in [0, 0.05) is 27.9 Å². The van der Waals surface area contributed by atoms with E-state index in [9.17, 15) is 8.78 Å². The summed E-state index contributed by atoms with van der Waals surface area (Å²) < 4.78 is 62.4. The topological polar surface area (TPSA) is 12.5 Å². The van der Waals surface area contributed by atoms with E-state index in [1.807, 2.05) is 0 Å². The molecule has 29 heavy (non-hydrogen) atoms. The van der Waals surface area contributed by atoms with Crippen molar-refractivity contribution in [3.63, 3.8) is 0 Å². The van der Waals surface area contributed by atoms with E-state index < -0.39 is 30.2 Å². The first-order chi connectivity index (χ1) is 13.8. The van der Waals surface area contributed by atoms with Crippen LogP contribution in [0.3, 0.4) is 0 Å². The molecular formula is C22H18BrF4NO. The molecule has 7 heteroatoms. The number of allylic oxidation sites excluding steroid dienone is 3. The summed E-state index contributed by atoms with van der Waals surface area (Å²) in [5.74, 6) is -1.79. The van der Waals surface area contributed by atoms with Crippen molar-refractivity contribution in [1.82, 2.24) is 4.90 Å². The van der Waals surface area contributed by atoms with Gasteiger partial charge in [-0.25, -0.2) is 17.6 Å². The zero-order chi connectivity index (χ0) is 21.1. The first-order valence-corrected chi connectivity index (χ1v) is 9.66. The Bertz CT molecular complexity index is 963. The fourth-order valence-corrected chi connectivity index (χ4v) is 3.60. The van der Waals surface area contributed by atoms with Gasteiger partial charge in [0.2, 0.25) is 0 Å². The molecule has 3 rings (SSSR count). The summed E-state index contributed by atoms with van der Waals surface area (Å²) in [5.41, 5.74) is 0.784. The summed E-state index contributed by atoms with van der Waals surface area (Å²) in [6.45, 7) is 4.98. The lowest BCUT2D eigenvalue weighted by Crippen LogP contribution is -2.30. The highest BCUT2D eigenvalue weighted by Gasteiger charge is 2.31. The lowest BCUT2D eigenvalue weighted by atomic mass is 9.94. The highest BCUT2D eigenvalue weighted by Crippen LogP contribution is 2.43. The van der Waals surface area contributed by atoms with E-state index in [2.05, 4.69) is 22.5 Å². The van der Waals surface area contributed by atoms with Crippen LogP contribution in [0, 0.1) is 11.6 Å². The second-order valence-corrected chi connectivity index (χ2v) is 7.12. The van der Waals surface area contributed by atoms with Gasteiger partial charge in [0.05, 0.1) is 24.4 Å². The Balaban J connectivity index is 2.32. The minimum Gasteiger partial charge on any atom is -0.494 e. The molecule has 0 N–H and O–H groups in total. The van der Waals surface area contributed by atoms with E-state index in [0.29, 0.717) is 15.6 Å². The van der Waals surface area contributed by atoms with Gasteiger partial charge in [-0.1, -0.05) is 36.9 Å². The van der Waals surface area contributed by atoms with Crippen molar-refractivity contribution in [2.24, 2.45) is 0 Å². The van der Waals surface area contributed by atoms with Crippen molar-refractivity contribution in [2.45, 2.75) is 13.3 Å². The van der Waals surface area contributed by atoms with Gasteiger partial charge in [-0.05, 0) is 34.5 Å². The van der Waals surface area contributed by atoms with Crippen molar-refractivity contribution in [3.05, 3.63) is 88.1 Å². The zero-order valence-electron chi connectivity index (χ0n) is 15.6. The Morgan fingerprint density at radius 2 is 1.72 bits per heavy atom. The lowest BCUT2D eigenvalue weighted by Gasteiger charge is -2.34. The molecule has 1 aliphatic rings. The number of nitrogens with zero attached hydrogens (tertiary/aromatic N) is 1. The van der Waals surface area contributed by atoms with E-state index in [1.54, 1.807) is 43.3 Å². The van der Waals surface area contributed by atoms with Crippen molar-refractivity contribution in [2.75, 3.05) is 13.2 Å². The minimum absolute atomic E-state index is 0.0113. The molecule has 2 aromatic carbocycles. The summed E-state index contributed by atoms with van der Waals surface area (Å²) in [6.07, 6.45) is -1.12. The van der Waals surface area contributed by atoms with Crippen LogP contribution in [0.5, 0.6) is 5.75 Å². The van der Waals surface area contributed by atoms with Crippen LogP contribution >= 0.6 is 15.9 Å². The summed E-state index contributed by atoms with van der Waals surface area (Å²) in [7, 11) is 0. The van der Waals surface area contributed by atoms with E-state index in [0.717, 1.165) is 17.0 Å². The minimum atomic E-state index is -2.74. The average Bonchev–Trinajstić information content (AvgIpc) is 2.67. The quantitative estimate of drug-likeness (QED) is 0.443. The van der Waals surface area contributed by atoms with Gasteiger partial charge in [-0.15, -0.1) is 0 Å². The van der Waals surface area contributed by atoms with Crippen LogP contribution in [0.25, 0.3) is 11.3 Å². The maximum Gasteiger partial charge on any atom is 0.256 e. The molecule has 0 fully saturated rings. The Morgan fingerprint density at radius 1 is 1.10 bits per heavy atom. The van der Waals surface area contributed by atoms with Crippen LogP contribution in [0.1, 0.15) is 18.1 Å². The number of alkyl halides is 2. The van der Waals surface area contributed by atoms with Crippen LogP contribution in [0.15, 0.2) is 65.3 Å². The molecule has 0 amide bonds. The maximum absolute atomic E-state index is 15.0. The molecule has 0 bridgehead atoms. The van der Waals surface area contributed by atoms with E-state index in [1.165, 1.54) is 0 Å². The summed E-state index contributed by atoms with van der Waals surface area (Å²) >= 11 is 3.32. The molecule has 1 heterocycles. The maximum atomic E-state index is 15.0. The van der Waals surface area contributed by atoms with Gasteiger partial charge < -0.3 is 9.64 Å².